The molecule has 0 aromatic carbocycles. The van der Waals surface area contributed by atoms with E-state index in [0.717, 1.165) is 10.2 Å². The molecule has 0 aliphatic heterocycles. The fourth-order valence-electron chi connectivity index (χ4n) is 1.59. The first-order chi connectivity index (χ1) is 9.01. The summed E-state index contributed by atoms with van der Waals surface area (Å²) in [5.74, 6) is -0.340. The Morgan fingerprint density at radius 2 is 2.32 bits per heavy atom. The molecule has 0 saturated heterocycles. The number of pyridine rings is 1. The van der Waals surface area contributed by atoms with Crippen molar-refractivity contribution in [1.29, 1.82) is 0 Å². The molecule has 2 heterocycles. The van der Waals surface area contributed by atoms with Gasteiger partial charge in [-0.05, 0) is 41.4 Å². The maximum absolute atomic E-state index is 12.1. The Morgan fingerprint density at radius 3 is 2.89 bits per heavy atom. The molecule has 0 saturated carbocycles. The van der Waals surface area contributed by atoms with Gasteiger partial charge in [0.15, 0.2) is 5.69 Å². The van der Waals surface area contributed by atoms with E-state index in [0.29, 0.717) is 17.9 Å². The topological polar surface area (TPSA) is 85.8 Å². The number of aromatic nitrogens is 3. The minimum atomic E-state index is -0.340. The van der Waals surface area contributed by atoms with Gasteiger partial charge in [0, 0.05) is 12.7 Å². The van der Waals surface area contributed by atoms with Gasteiger partial charge in [-0.15, -0.1) is 0 Å². The molecule has 6 nitrogen and oxygen atoms in total. The van der Waals surface area contributed by atoms with Crippen molar-refractivity contribution >= 4 is 33.2 Å². The van der Waals surface area contributed by atoms with Gasteiger partial charge in [0.1, 0.15) is 4.60 Å². The third-order valence-corrected chi connectivity index (χ3v) is 3.43. The summed E-state index contributed by atoms with van der Waals surface area (Å²) in [7, 11) is 0. The van der Waals surface area contributed by atoms with Gasteiger partial charge in [0.25, 0.3) is 5.91 Å². The monoisotopic (exact) mass is 323 g/mol. The molecule has 3 N–H and O–H groups in total. The number of nitrogens with two attached hydrogens (primary N) is 1. The minimum Gasteiger partial charge on any atom is -0.396 e. The molecule has 100 valence electrons. The van der Waals surface area contributed by atoms with E-state index in [1.807, 2.05) is 19.9 Å². The molecule has 0 aliphatic rings. The number of aryl methyl sites for hydroxylation is 2. The Morgan fingerprint density at radius 1 is 1.58 bits per heavy atom. The molecular formula is C12H14BrN5O. The normalized spacial score (nSPS) is 10.5. The standard InChI is InChI=1S/C12H14BrN5O/c1-3-18-6-9(14)10(17-18)12(19)16-8-4-7(2)11(13)15-5-8/h4-6H,3,14H2,1-2H3,(H,16,19). The molecule has 2 rings (SSSR count). The van der Waals surface area contributed by atoms with Crippen LogP contribution in [0.15, 0.2) is 23.1 Å². The van der Waals surface area contributed by atoms with Crippen LogP contribution in [0.5, 0.6) is 0 Å². The third kappa shape index (κ3) is 2.93. The van der Waals surface area contributed by atoms with Gasteiger partial charge in [-0.3, -0.25) is 9.48 Å². The van der Waals surface area contributed by atoms with Crippen LogP contribution in [0.25, 0.3) is 0 Å². The average Bonchev–Trinajstić information content (AvgIpc) is 2.75. The lowest BCUT2D eigenvalue weighted by molar-refractivity contribution is 0.102. The van der Waals surface area contributed by atoms with Crippen LogP contribution in [0.2, 0.25) is 0 Å². The summed E-state index contributed by atoms with van der Waals surface area (Å²) >= 11 is 3.31. The lowest BCUT2D eigenvalue weighted by Gasteiger charge is -2.05. The molecule has 19 heavy (non-hydrogen) atoms. The van der Waals surface area contributed by atoms with E-state index in [-0.39, 0.29) is 11.6 Å². The van der Waals surface area contributed by atoms with Crippen LogP contribution in [-0.2, 0) is 6.54 Å². The highest BCUT2D eigenvalue weighted by atomic mass is 79.9. The van der Waals surface area contributed by atoms with E-state index < -0.39 is 0 Å². The van der Waals surface area contributed by atoms with Crippen molar-refractivity contribution in [1.82, 2.24) is 14.8 Å². The van der Waals surface area contributed by atoms with Gasteiger partial charge >= 0.3 is 0 Å². The Bertz CT molecular complexity index is 623. The number of amides is 1. The summed E-state index contributed by atoms with van der Waals surface area (Å²) < 4.78 is 2.37. The highest BCUT2D eigenvalue weighted by molar-refractivity contribution is 9.10. The zero-order valence-electron chi connectivity index (χ0n) is 10.6. The first-order valence-corrected chi connectivity index (χ1v) is 6.57. The van der Waals surface area contributed by atoms with Gasteiger partial charge in [0.05, 0.1) is 17.6 Å². The summed E-state index contributed by atoms with van der Waals surface area (Å²) in [6.07, 6.45) is 3.21. The Hall–Kier alpha value is -1.89. The number of nitrogen functional groups attached to an aromatic ring is 1. The first kappa shape index (κ1) is 13.5. The minimum absolute atomic E-state index is 0.224. The van der Waals surface area contributed by atoms with Gasteiger partial charge in [0.2, 0.25) is 0 Å². The van der Waals surface area contributed by atoms with Crippen LogP contribution in [0.3, 0.4) is 0 Å². The highest BCUT2D eigenvalue weighted by Gasteiger charge is 2.15. The van der Waals surface area contributed by atoms with Crippen molar-refractivity contribution in [3.8, 4) is 0 Å². The Labute approximate surface area is 119 Å². The van der Waals surface area contributed by atoms with Crippen molar-refractivity contribution < 1.29 is 4.79 Å². The van der Waals surface area contributed by atoms with Gasteiger partial charge in [-0.25, -0.2) is 4.98 Å². The van der Waals surface area contributed by atoms with Gasteiger partial charge in [-0.1, -0.05) is 0 Å². The number of nitrogens with zero attached hydrogens (tertiary/aromatic N) is 3. The number of nitrogens with one attached hydrogen (secondary N) is 1. The lowest BCUT2D eigenvalue weighted by Crippen LogP contribution is -2.15. The molecule has 0 unspecified atom stereocenters. The van der Waals surface area contributed by atoms with Crippen LogP contribution in [0.1, 0.15) is 23.0 Å². The number of carbonyl (C=O) groups is 1. The molecule has 2 aromatic heterocycles. The van der Waals surface area contributed by atoms with Gasteiger partial charge in [-0.2, -0.15) is 5.10 Å². The summed E-state index contributed by atoms with van der Waals surface area (Å²) in [6.45, 7) is 4.49. The zero-order chi connectivity index (χ0) is 14.0. The lowest BCUT2D eigenvalue weighted by atomic mass is 10.3. The number of anilines is 2. The van der Waals surface area contributed by atoms with Crippen LogP contribution in [0, 0.1) is 6.92 Å². The third-order valence-electron chi connectivity index (χ3n) is 2.60. The second kappa shape index (κ2) is 5.40. The van der Waals surface area contributed by atoms with Crippen molar-refractivity contribution in [3.05, 3.63) is 34.3 Å². The van der Waals surface area contributed by atoms with E-state index in [1.165, 1.54) is 0 Å². The summed E-state index contributed by atoms with van der Waals surface area (Å²) in [5.41, 5.74) is 7.89. The van der Waals surface area contributed by atoms with Crippen LogP contribution in [-0.4, -0.2) is 20.7 Å². The van der Waals surface area contributed by atoms with Gasteiger partial charge < -0.3 is 11.1 Å². The number of rotatable bonds is 3. The number of halogens is 1. The molecule has 0 spiro atoms. The zero-order valence-corrected chi connectivity index (χ0v) is 12.2. The molecule has 0 aliphatic carbocycles. The number of carbonyl (C=O) groups excluding carboxylic acids is 1. The van der Waals surface area contributed by atoms with Crippen molar-refractivity contribution in [2.24, 2.45) is 0 Å². The van der Waals surface area contributed by atoms with Crippen LogP contribution < -0.4 is 11.1 Å². The predicted molar refractivity (Wildman–Crippen MR) is 76.9 cm³/mol. The highest BCUT2D eigenvalue weighted by Crippen LogP contribution is 2.18. The van der Waals surface area contributed by atoms with E-state index in [4.69, 9.17) is 5.73 Å². The van der Waals surface area contributed by atoms with E-state index in [1.54, 1.807) is 17.1 Å². The summed E-state index contributed by atoms with van der Waals surface area (Å²) in [5, 5.41) is 6.84. The number of hydrogen-bond donors (Lipinski definition) is 2. The maximum Gasteiger partial charge on any atom is 0.278 e. The Kier molecular flexibility index (Phi) is 3.84. The second-order valence-corrected chi connectivity index (χ2v) is 4.83. The SMILES string of the molecule is CCn1cc(N)c(C(=O)Nc2cnc(Br)c(C)c2)n1. The molecule has 7 heteroatoms. The molecule has 0 radical (unpaired) electrons. The van der Waals surface area contributed by atoms with Crippen molar-refractivity contribution in [2.75, 3.05) is 11.1 Å². The fourth-order valence-corrected chi connectivity index (χ4v) is 1.81. The molecule has 0 fully saturated rings. The summed E-state index contributed by atoms with van der Waals surface area (Å²) in [6, 6.07) is 1.82. The average molecular weight is 324 g/mol. The quantitative estimate of drug-likeness (QED) is 0.848. The first-order valence-electron chi connectivity index (χ1n) is 5.77. The van der Waals surface area contributed by atoms with Crippen molar-refractivity contribution in [2.45, 2.75) is 20.4 Å². The van der Waals surface area contributed by atoms with Crippen LogP contribution in [0.4, 0.5) is 11.4 Å². The fraction of sp³-hybridized carbons (Fsp3) is 0.250. The van der Waals surface area contributed by atoms with E-state index >= 15 is 0 Å². The maximum atomic E-state index is 12.1. The molecule has 2 aromatic rings. The molecule has 1 amide bonds. The van der Waals surface area contributed by atoms with Crippen LogP contribution >= 0.6 is 15.9 Å². The smallest absolute Gasteiger partial charge is 0.278 e. The summed E-state index contributed by atoms with van der Waals surface area (Å²) in [4.78, 5) is 16.2. The molecular weight excluding hydrogens is 310 g/mol. The second-order valence-electron chi connectivity index (χ2n) is 4.07. The molecule has 0 atom stereocenters. The Balaban J connectivity index is 2.20. The number of hydrogen-bond acceptors (Lipinski definition) is 4. The van der Waals surface area contributed by atoms with E-state index in [2.05, 4.69) is 31.3 Å². The van der Waals surface area contributed by atoms with E-state index in [9.17, 15) is 4.79 Å². The molecule has 0 bridgehead atoms. The largest absolute Gasteiger partial charge is 0.396 e. The predicted octanol–water partition coefficient (Wildman–Crippen LogP) is 2.20. The van der Waals surface area contributed by atoms with Crippen molar-refractivity contribution in [3.63, 3.8) is 0 Å².